The minimum Gasteiger partial charge on any atom is -0.455 e. The molecule has 0 aliphatic rings. The lowest BCUT2D eigenvalue weighted by Gasteiger charge is -2.00. The average molecular weight is 326 g/mol. The van der Waals surface area contributed by atoms with Crippen LogP contribution in [0.4, 0.5) is 0 Å². The zero-order chi connectivity index (χ0) is 17.2. The van der Waals surface area contributed by atoms with Crippen molar-refractivity contribution in [1.29, 1.82) is 0 Å². The van der Waals surface area contributed by atoms with Crippen molar-refractivity contribution in [3.8, 4) is 22.6 Å². The molecule has 4 aromatic rings. The second-order valence-corrected chi connectivity index (χ2v) is 5.75. The number of hydrogen-bond donors (Lipinski definition) is 0. The Kier molecular flexibility index (Phi) is 3.75. The molecule has 1 aromatic heterocycles. The van der Waals surface area contributed by atoms with Crippen LogP contribution in [0.25, 0.3) is 33.4 Å². The fourth-order valence-electron chi connectivity index (χ4n) is 3.03. The van der Waals surface area contributed by atoms with Gasteiger partial charge in [0.05, 0.1) is 0 Å². The molecule has 0 bridgehead atoms. The molecule has 1 heterocycles. The summed E-state index contributed by atoms with van der Waals surface area (Å²) in [4.78, 5) is 22.7. The number of benzene rings is 3. The first kappa shape index (κ1) is 15.1. The zero-order valence-corrected chi connectivity index (χ0v) is 13.3. The predicted molar refractivity (Wildman–Crippen MR) is 97.9 cm³/mol. The van der Waals surface area contributed by atoms with E-state index in [-0.39, 0.29) is 0 Å². The molecule has 3 aromatic carbocycles. The third kappa shape index (κ3) is 2.56. The van der Waals surface area contributed by atoms with Gasteiger partial charge in [-0.15, -0.1) is 0 Å². The van der Waals surface area contributed by atoms with E-state index in [2.05, 4.69) is 0 Å². The van der Waals surface area contributed by atoms with Gasteiger partial charge < -0.3 is 4.42 Å². The lowest BCUT2D eigenvalue weighted by Crippen LogP contribution is -1.90. The molecule has 120 valence electrons. The van der Waals surface area contributed by atoms with Crippen molar-refractivity contribution >= 4 is 23.3 Å². The minimum absolute atomic E-state index is 0.361. The van der Waals surface area contributed by atoms with Gasteiger partial charge in [0.2, 0.25) is 0 Å². The highest BCUT2D eigenvalue weighted by Crippen LogP contribution is 2.40. The SMILES string of the molecule is O=Cc1cc2c(-c3ccccc3)oc(-c3ccccc3)c2cc1C=O. The molecule has 0 saturated carbocycles. The normalized spacial score (nSPS) is 10.7. The molecule has 25 heavy (non-hydrogen) atoms. The largest absolute Gasteiger partial charge is 0.455 e. The zero-order valence-electron chi connectivity index (χ0n) is 13.3. The molecular weight excluding hydrogens is 312 g/mol. The summed E-state index contributed by atoms with van der Waals surface area (Å²) in [5.41, 5.74) is 2.57. The van der Waals surface area contributed by atoms with Gasteiger partial charge in [0.1, 0.15) is 11.5 Å². The van der Waals surface area contributed by atoms with Crippen LogP contribution in [-0.4, -0.2) is 12.6 Å². The number of furan rings is 1. The molecule has 0 radical (unpaired) electrons. The Morgan fingerprint density at radius 2 is 1.00 bits per heavy atom. The topological polar surface area (TPSA) is 47.3 Å². The van der Waals surface area contributed by atoms with Crippen molar-refractivity contribution in [3.05, 3.63) is 83.9 Å². The van der Waals surface area contributed by atoms with E-state index in [0.29, 0.717) is 35.2 Å². The molecule has 0 aliphatic carbocycles. The molecule has 3 nitrogen and oxygen atoms in total. The van der Waals surface area contributed by atoms with E-state index >= 15 is 0 Å². The van der Waals surface area contributed by atoms with Crippen LogP contribution in [0, 0.1) is 0 Å². The Morgan fingerprint density at radius 1 is 0.600 bits per heavy atom. The maximum absolute atomic E-state index is 11.4. The minimum atomic E-state index is 0.361. The summed E-state index contributed by atoms with van der Waals surface area (Å²) in [5.74, 6) is 1.38. The van der Waals surface area contributed by atoms with Gasteiger partial charge in [-0.05, 0) is 12.1 Å². The van der Waals surface area contributed by atoms with Crippen molar-refractivity contribution in [3.63, 3.8) is 0 Å². The summed E-state index contributed by atoms with van der Waals surface area (Å²) in [6.07, 6.45) is 1.40. The van der Waals surface area contributed by atoms with Gasteiger partial charge in [-0.25, -0.2) is 0 Å². The number of carbonyl (C=O) groups excluding carboxylic acids is 2. The van der Waals surface area contributed by atoms with Crippen molar-refractivity contribution in [2.45, 2.75) is 0 Å². The highest BCUT2D eigenvalue weighted by atomic mass is 16.3. The van der Waals surface area contributed by atoms with Gasteiger partial charge in [0.25, 0.3) is 0 Å². The van der Waals surface area contributed by atoms with E-state index in [0.717, 1.165) is 21.9 Å². The monoisotopic (exact) mass is 326 g/mol. The van der Waals surface area contributed by atoms with E-state index in [1.54, 1.807) is 12.1 Å². The quantitative estimate of drug-likeness (QED) is 0.472. The van der Waals surface area contributed by atoms with Gasteiger partial charge in [-0.2, -0.15) is 0 Å². The van der Waals surface area contributed by atoms with E-state index in [1.807, 2.05) is 60.7 Å². The molecule has 0 fully saturated rings. The third-order valence-corrected chi connectivity index (χ3v) is 4.24. The van der Waals surface area contributed by atoms with E-state index in [4.69, 9.17) is 4.42 Å². The van der Waals surface area contributed by atoms with Crippen molar-refractivity contribution in [1.82, 2.24) is 0 Å². The lowest BCUT2D eigenvalue weighted by atomic mass is 9.99. The summed E-state index contributed by atoms with van der Waals surface area (Å²) in [7, 11) is 0. The van der Waals surface area contributed by atoms with Crippen LogP contribution >= 0.6 is 0 Å². The van der Waals surface area contributed by atoms with E-state index in [9.17, 15) is 9.59 Å². The molecule has 0 aliphatic heterocycles. The van der Waals surface area contributed by atoms with Crippen LogP contribution in [0.2, 0.25) is 0 Å². The first-order chi connectivity index (χ1) is 12.3. The molecule has 3 heteroatoms. The van der Waals surface area contributed by atoms with E-state index in [1.165, 1.54) is 0 Å². The molecule has 0 amide bonds. The van der Waals surface area contributed by atoms with Gasteiger partial charge >= 0.3 is 0 Å². The molecule has 0 saturated heterocycles. The van der Waals surface area contributed by atoms with Gasteiger partial charge in [0.15, 0.2) is 12.6 Å². The molecule has 4 rings (SSSR count). The first-order valence-electron chi connectivity index (χ1n) is 7.93. The molecule has 0 atom stereocenters. The Balaban J connectivity index is 2.09. The van der Waals surface area contributed by atoms with Crippen LogP contribution in [-0.2, 0) is 0 Å². The standard InChI is InChI=1S/C22H14O3/c23-13-17-11-19-20(12-18(17)14-24)22(16-9-5-2-6-10-16)25-21(19)15-7-3-1-4-8-15/h1-14H. The van der Waals surface area contributed by atoms with Gasteiger partial charge in [-0.3, -0.25) is 9.59 Å². The Hall–Kier alpha value is -3.46. The molecule has 0 N–H and O–H groups in total. The second kappa shape index (κ2) is 6.21. The van der Waals surface area contributed by atoms with Crippen LogP contribution in [0.1, 0.15) is 20.7 Å². The number of rotatable bonds is 4. The van der Waals surface area contributed by atoms with Crippen molar-refractivity contribution in [2.24, 2.45) is 0 Å². The highest BCUT2D eigenvalue weighted by molar-refractivity contribution is 6.07. The maximum atomic E-state index is 11.4. The predicted octanol–water partition coefficient (Wildman–Crippen LogP) is 5.39. The second-order valence-electron chi connectivity index (χ2n) is 5.75. The van der Waals surface area contributed by atoms with Gasteiger partial charge in [0, 0.05) is 33.0 Å². The summed E-state index contributed by atoms with van der Waals surface area (Å²) in [6.45, 7) is 0. The van der Waals surface area contributed by atoms with Crippen LogP contribution in [0.5, 0.6) is 0 Å². The highest BCUT2D eigenvalue weighted by Gasteiger charge is 2.18. The number of fused-ring (bicyclic) bond motifs is 1. The molecule has 0 spiro atoms. The summed E-state index contributed by atoms with van der Waals surface area (Å²) < 4.78 is 6.20. The van der Waals surface area contributed by atoms with Crippen LogP contribution in [0.3, 0.4) is 0 Å². The van der Waals surface area contributed by atoms with Crippen LogP contribution in [0.15, 0.2) is 77.2 Å². The summed E-state index contributed by atoms with van der Waals surface area (Å²) in [6, 6.07) is 22.9. The third-order valence-electron chi connectivity index (χ3n) is 4.24. The average Bonchev–Trinajstić information content (AvgIpc) is 3.06. The lowest BCUT2D eigenvalue weighted by molar-refractivity contribution is 0.109. The number of aldehydes is 2. The smallest absolute Gasteiger partial charge is 0.150 e. The number of hydrogen-bond acceptors (Lipinski definition) is 3. The first-order valence-corrected chi connectivity index (χ1v) is 7.93. The van der Waals surface area contributed by atoms with E-state index < -0.39 is 0 Å². The Bertz CT molecular complexity index is 975. The summed E-state index contributed by atoms with van der Waals surface area (Å²) >= 11 is 0. The Morgan fingerprint density at radius 3 is 1.36 bits per heavy atom. The molecular formula is C22H14O3. The van der Waals surface area contributed by atoms with Crippen molar-refractivity contribution < 1.29 is 14.0 Å². The fraction of sp³-hybridized carbons (Fsp3) is 0. The van der Waals surface area contributed by atoms with Crippen molar-refractivity contribution in [2.75, 3.05) is 0 Å². The summed E-state index contributed by atoms with van der Waals surface area (Å²) in [5, 5.41) is 1.63. The maximum Gasteiger partial charge on any atom is 0.150 e. The van der Waals surface area contributed by atoms with Gasteiger partial charge in [-0.1, -0.05) is 60.7 Å². The molecule has 0 unspecified atom stereocenters. The van der Waals surface area contributed by atoms with Crippen LogP contribution < -0.4 is 0 Å². The Labute approximate surface area is 144 Å². The fourth-order valence-corrected chi connectivity index (χ4v) is 3.03. The number of carbonyl (C=O) groups is 2.